The Hall–Kier alpha value is -1.59. The van der Waals surface area contributed by atoms with E-state index in [0.29, 0.717) is 23.7 Å². The van der Waals surface area contributed by atoms with Crippen LogP contribution in [-0.4, -0.2) is 36.3 Å². The van der Waals surface area contributed by atoms with Crippen LogP contribution in [0.5, 0.6) is 0 Å². The molecule has 5 nitrogen and oxygen atoms in total. The Kier molecular flexibility index (Phi) is 9.16. The molecule has 0 aliphatic rings. The lowest BCUT2D eigenvalue weighted by atomic mass is 9.95. The number of anilines is 1. The summed E-state index contributed by atoms with van der Waals surface area (Å²) in [6.07, 6.45) is 0.746. The molecule has 0 aliphatic heterocycles. The molecule has 25 heavy (non-hydrogen) atoms. The molecule has 1 aromatic carbocycles. The van der Waals surface area contributed by atoms with Crippen LogP contribution in [0.2, 0.25) is 0 Å². The van der Waals surface area contributed by atoms with E-state index in [1.54, 1.807) is 30.1 Å². The Balaban J connectivity index is 0.00000576. The van der Waals surface area contributed by atoms with Crippen LogP contribution in [0.1, 0.15) is 51.4 Å². The second kappa shape index (κ2) is 9.78. The van der Waals surface area contributed by atoms with Crippen LogP contribution in [0.3, 0.4) is 0 Å². The van der Waals surface area contributed by atoms with E-state index in [4.69, 9.17) is 5.73 Å². The van der Waals surface area contributed by atoms with Crippen LogP contribution in [0.25, 0.3) is 0 Å². The van der Waals surface area contributed by atoms with Crippen molar-refractivity contribution in [3.8, 4) is 0 Å². The Labute approximate surface area is 157 Å². The van der Waals surface area contributed by atoms with Crippen molar-refractivity contribution in [3.63, 3.8) is 0 Å². The fourth-order valence-electron chi connectivity index (χ4n) is 2.07. The molecule has 0 spiro atoms. The molecule has 0 saturated carbocycles. The molecule has 142 valence electrons. The molecule has 1 atom stereocenters. The number of para-hydroxylation sites is 1. The van der Waals surface area contributed by atoms with E-state index in [2.05, 4.69) is 19.2 Å². The van der Waals surface area contributed by atoms with Crippen molar-refractivity contribution in [3.05, 3.63) is 29.8 Å². The van der Waals surface area contributed by atoms with Crippen molar-refractivity contribution >= 4 is 29.9 Å². The topological polar surface area (TPSA) is 75.4 Å². The fourth-order valence-corrected chi connectivity index (χ4v) is 2.07. The summed E-state index contributed by atoms with van der Waals surface area (Å²) in [6.45, 7) is 10.2. The monoisotopic (exact) mass is 369 g/mol. The van der Waals surface area contributed by atoms with Crippen molar-refractivity contribution in [2.24, 2.45) is 17.1 Å². The lowest BCUT2D eigenvalue weighted by Gasteiger charge is -2.23. The maximum Gasteiger partial charge on any atom is 0.255 e. The van der Waals surface area contributed by atoms with Gasteiger partial charge in [-0.3, -0.25) is 9.59 Å². The predicted octanol–water partition coefficient (Wildman–Crippen LogP) is 3.54. The largest absolute Gasteiger partial charge is 0.342 e. The number of nitrogens with one attached hydrogen (secondary N) is 1. The molecule has 1 rings (SSSR count). The lowest BCUT2D eigenvalue weighted by molar-refractivity contribution is -0.123. The summed E-state index contributed by atoms with van der Waals surface area (Å²) in [4.78, 5) is 26.6. The van der Waals surface area contributed by atoms with Gasteiger partial charge in [-0.15, -0.1) is 12.4 Å². The number of halogens is 1. The zero-order chi connectivity index (χ0) is 18.5. The molecule has 3 N–H and O–H groups in total. The van der Waals surface area contributed by atoms with Crippen molar-refractivity contribution in [2.75, 3.05) is 18.9 Å². The van der Waals surface area contributed by atoms with Crippen molar-refractivity contribution in [1.82, 2.24) is 4.90 Å². The number of nitrogens with two attached hydrogens (primary N) is 1. The minimum Gasteiger partial charge on any atom is -0.342 e. The highest BCUT2D eigenvalue weighted by molar-refractivity contribution is 6.04. The molecule has 1 unspecified atom stereocenters. The number of amides is 2. The third kappa shape index (κ3) is 7.04. The zero-order valence-corrected chi connectivity index (χ0v) is 16.9. The fraction of sp³-hybridized carbons (Fsp3) is 0.579. The number of rotatable bonds is 6. The van der Waals surface area contributed by atoms with Gasteiger partial charge >= 0.3 is 0 Å². The molecule has 0 fully saturated rings. The number of carbonyl (C=O) groups excluding carboxylic acids is 2. The summed E-state index contributed by atoms with van der Waals surface area (Å²) in [7, 11) is 1.76. The van der Waals surface area contributed by atoms with Crippen LogP contribution in [0, 0.1) is 11.3 Å². The summed E-state index contributed by atoms with van der Waals surface area (Å²) in [5.41, 5.74) is 6.57. The smallest absolute Gasteiger partial charge is 0.255 e. The number of carbonyl (C=O) groups is 2. The number of hydrogen-bond acceptors (Lipinski definition) is 3. The quantitative estimate of drug-likeness (QED) is 0.805. The minimum absolute atomic E-state index is 0. The first-order chi connectivity index (χ1) is 11.0. The number of nitrogens with zero attached hydrogens (tertiary/aromatic N) is 1. The maximum absolute atomic E-state index is 12.7. The Morgan fingerprint density at radius 3 is 2.28 bits per heavy atom. The molecule has 2 amide bonds. The van der Waals surface area contributed by atoms with E-state index in [1.165, 1.54) is 0 Å². The van der Waals surface area contributed by atoms with Gasteiger partial charge in [0.05, 0.1) is 11.3 Å². The first kappa shape index (κ1) is 23.4. The summed E-state index contributed by atoms with van der Waals surface area (Å²) in [5.74, 6) is 0.148. The van der Waals surface area contributed by atoms with Gasteiger partial charge in [-0.25, -0.2) is 0 Å². The van der Waals surface area contributed by atoms with Gasteiger partial charge in [0.1, 0.15) is 0 Å². The van der Waals surface area contributed by atoms with Gasteiger partial charge in [0.15, 0.2) is 0 Å². The summed E-state index contributed by atoms with van der Waals surface area (Å²) < 4.78 is 0. The average molecular weight is 370 g/mol. The molecular weight excluding hydrogens is 338 g/mol. The maximum atomic E-state index is 12.7. The van der Waals surface area contributed by atoms with Gasteiger partial charge < -0.3 is 16.0 Å². The zero-order valence-electron chi connectivity index (χ0n) is 16.1. The molecule has 0 aromatic heterocycles. The molecule has 0 saturated heterocycles. The molecule has 0 bridgehead atoms. The molecule has 1 aromatic rings. The Morgan fingerprint density at radius 2 is 1.76 bits per heavy atom. The predicted molar refractivity (Wildman–Crippen MR) is 106 cm³/mol. The highest BCUT2D eigenvalue weighted by Gasteiger charge is 2.24. The second-order valence-corrected chi connectivity index (χ2v) is 7.67. The molecular formula is C19H32ClN3O2. The highest BCUT2D eigenvalue weighted by atomic mass is 35.5. The summed E-state index contributed by atoms with van der Waals surface area (Å²) in [6, 6.07) is 7.16. The molecule has 0 heterocycles. The molecule has 0 aliphatic carbocycles. The van der Waals surface area contributed by atoms with Gasteiger partial charge in [0.25, 0.3) is 5.91 Å². The van der Waals surface area contributed by atoms with E-state index < -0.39 is 5.41 Å². The van der Waals surface area contributed by atoms with E-state index in [0.717, 1.165) is 6.42 Å². The van der Waals surface area contributed by atoms with E-state index in [1.807, 2.05) is 26.8 Å². The van der Waals surface area contributed by atoms with Gasteiger partial charge in [0.2, 0.25) is 5.91 Å². The summed E-state index contributed by atoms with van der Waals surface area (Å²) >= 11 is 0. The van der Waals surface area contributed by atoms with E-state index in [9.17, 15) is 9.59 Å². The third-order valence-electron chi connectivity index (χ3n) is 4.09. The standard InChI is InChI=1S/C19H31N3O2.ClH/c1-13(2)15(20)11-12-22(6)17(23)14-9-7-8-10-16(14)21-18(24)19(3,4)5;/h7-10,13,15H,11-12,20H2,1-6H3,(H,21,24);1H. The molecule has 6 heteroatoms. The van der Waals surface area contributed by atoms with Gasteiger partial charge in [-0.1, -0.05) is 46.8 Å². The van der Waals surface area contributed by atoms with E-state index in [-0.39, 0.29) is 30.3 Å². The Bertz CT molecular complexity index is 582. The Morgan fingerprint density at radius 1 is 1.20 bits per heavy atom. The van der Waals surface area contributed by atoms with Crippen LogP contribution >= 0.6 is 12.4 Å². The third-order valence-corrected chi connectivity index (χ3v) is 4.09. The van der Waals surface area contributed by atoms with Gasteiger partial charge in [-0.2, -0.15) is 0 Å². The average Bonchev–Trinajstić information content (AvgIpc) is 2.50. The van der Waals surface area contributed by atoms with Crippen molar-refractivity contribution in [2.45, 2.75) is 47.1 Å². The number of benzene rings is 1. The number of hydrogen-bond donors (Lipinski definition) is 2. The van der Waals surface area contributed by atoms with Crippen LogP contribution in [0.15, 0.2) is 24.3 Å². The first-order valence-corrected chi connectivity index (χ1v) is 8.45. The first-order valence-electron chi connectivity index (χ1n) is 8.45. The SMILES string of the molecule is CC(C)C(N)CCN(C)C(=O)c1ccccc1NC(=O)C(C)(C)C.Cl. The van der Waals surface area contributed by atoms with E-state index >= 15 is 0 Å². The molecule has 0 radical (unpaired) electrons. The van der Waals surface area contributed by atoms with Crippen LogP contribution in [-0.2, 0) is 4.79 Å². The van der Waals surface area contributed by atoms with Crippen molar-refractivity contribution < 1.29 is 9.59 Å². The van der Waals surface area contributed by atoms with Crippen molar-refractivity contribution in [1.29, 1.82) is 0 Å². The van der Waals surface area contributed by atoms with Gasteiger partial charge in [0, 0.05) is 25.0 Å². The lowest BCUT2D eigenvalue weighted by Crippen LogP contribution is -2.35. The normalized spacial score (nSPS) is 12.3. The van der Waals surface area contributed by atoms with Crippen LogP contribution in [0.4, 0.5) is 5.69 Å². The van der Waals surface area contributed by atoms with Gasteiger partial charge in [-0.05, 0) is 24.5 Å². The minimum atomic E-state index is -0.522. The highest BCUT2D eigenvalue weighted by Crippen LogP contribution is 2.21. The van der Waals surface area contributed by atoms with Crippen LogP contribution < -0.4 is 11.1 Å². The summed E-state index contributed by atoms with van der Waals surface area (Å²) in [5, 5.41) is 2.86. The second-order valence-electron chi connectivity index (χ2n) is 7.67.